The van der Waals surface area contributed by atoms with E-state index in [2.05, 4.69) is 5.32 Å². The van der Waals surface area contributed by atoms with Crippen LogP contribution in [0.5, 0.6) is 11.5 Å². The first-order chi connectivity index (χ1) is 13.0. The Bertz CT molecular complexity index is 904. The zero-order valence-corrected chi connectivity index (χ0v) is 15.4. The maximum Gasteiger partial charge on any atom is 0.322 e. The molecule has 2 heterocycles. The molecule has 2 aliphatic rings. The van der Waals surface area contributed by atoms with Crippen molar-refractivity contribution in [2.45, 2.75) is 13.0 Å². The molecule has 140 valence electrons. The van der Waals surface area contributed by atoms with Gasteiger partial charge < -0.3 is 24.6 Å². The van der Waals surface area contributed by atoms with E-state index in [4.69, 9.17) is 21.1 Å². The molecule has 0 radical (unpaired) electrons. The first-order valence-electron chi connectivity index (χ1n) is 8.57. The monoisotopic (exact) mass is 387 g/mol. The minimum absolute atomic E-state index is 0.152. The molecular weight excluding hydrogens is 370 g/mol. The van der Waals surface area contributed by atoms with E-state index in [1.54, 1.807) is 48.2 Å². The molecule has 1 unspecified atom stereocenters. The van der Waals surface area contributed by atoms with Gasteiger partial charge in [-0.3, -0.25) is 4.79 Å². The molecule has 1 N–H and O–H groups in total. The van der Waals surface area contributed by atoms with Crippen molar-refractivity contribution < 1.29 is 19.1 Å². The molecule has 2 aromatic rings. The second-order valence-corrected chi connectivity index (χ2v) is 6.77. The summed E-state index contributed by atoms with van der Waals surface area (Å²) in [5.74, 6) is 1.13. The molecule has 2 aromatic carbocycles. The number of fused-ring (bicyclic) bond motifs is 1. The second-order valence-electron chi connectivity index (χ2n) is 6.34. The van der Waals surface area contributed by atoms with Crippen molar-refractivity contribution in [2.24, 2.45) is 0 Å². The number of piperazine rings is 1. The number of carbonyl (C=O) groups excluding carboxylic acids is 2. The Kier molecular flexibility index (Phi) is 4.53. The van der Waals surface area contributed by atoms with Crippen LogP contribution < -0.4 is 19.7 Å². The predicted octanol–water partition coefficient (Wildman–Crippen LogP) is 3.34. The van der Waals surface area contributed by atoms with E-state index < -0.39 is 6.04 Å². The van der Waals surface area contributed by atoms with Crippen LogP contribution in [0.15, 0.2) is 42.5 Å². The summed E-state index contributed by atoms with van der Waals surface area (Å²) < 4.78 is 10.7. The summed E-state index contributed by atoms with van der Waals surface area (Å²) in [7, 11) is 0. The molecule has 8 heteroatoms. The Morgan fingerprint density at radius 2 is 1.96 bits per heavy atom. The van der Waals surface area contributed by atoms with Gasteiger partial charge in [-0.25, -0.2) is 4.79 Å². The third-order valence-corrected chi connectivity index (χ3v) is 4.90. The topological polar surface area (TPSA) is 71.1 Å². The molecule has 0 spiro atoms. The van der Waals surface area contributed by atoms with E-state index in [9.17, 15) is 9.59 Å². The van der Waals surface area contributed by atoms with Gasteiger partial charge in [-0.2, -0.15) is 0 Å². The zero-order chi connectivity index (χ0) is 19.0. The highest BCUT2D eigenvalue weighted by Gasteiger charge is 2.35. The van der Waals surface area contributed by atoms with Crippen molar-refractivity contribution in [1.82, 2.24) is 4.90 Å². The lowest BCUT2D eigenvalue weighted by Crippen LogP contribution is -2.58. The van der Waals surface area contributed by atoms with Crippen LogP contribution in [0.1, 0.15) is 6.92 Å². The molecule has 1 atom stereocenters. The number of rotatable bonds is 2. The highest BCUT2D eigenvalue weighted by molar-refractivity contribution is 6.30. The highest BCUT2D eigenvalue weighted by Crippen LogP contribution is 2.36. The van der Waals surface area contributed by atoms with Crippen molar-refractivity contribution in [3.63, 3.8) is 0 Å². The van der Waals surface area contributed by atoms with Crippen LogP contribution >= 0.6 is 11.6 Å². The van der Waals surface area contributed by atoms with Crippen molar-refractivity contribution >= 4 is 34.9 Å². The van der Waals surface area contributed by atoms with Gasteiger partial charge in [-0.15, -0.1) is 0 Å². The SMILES string of the molecule is CC1C(=O)N(c2ccc3c(c2)OCO3)CCN1C(=O)Nc1cccc(Cl)c1. The summed E-state index contributed by atoms with van der Waals surface area (Å²) in [6.07, 6.45) is 0. The molecule has 4 rings (SSSR count). The molecule has 7 nitrogen and oxygen atoms in total. The minimum Gasteiger partial charge on any atom is -0.454 e. The smallest absolute Gasteiger partial charge is 0.322 e. The molecule has 27 heavy (non-hydrogen) atoms. The standard InChI is InChI=1S/C19H18ClN3O4/c1-12-18(24)23(15-5-6-16-17(10-15)27-11-26-16)8-7-22(12)19(25)21-14-4-2-3-13(20)9-14/h2-6,9-10,12H,7-8,11H2,1H3,(H,21,25). The summed E-state index contributed by atoms with van der Waals surface area (Å²) in [6.45, 7) is 2.71. The van der Waals surface area contributed by atoms with Crippen molar-refractivity contribution in [3.8, 4) is 11.5 Å². The fourth-order valence-electron chi connectivity index (χ4n) is 3.22. The van der Waals surface area contributed by atoms with Crippen LogP contribution in [0.25, 0.3) is 0 Å². The number of amides is 3. The number of halogens is 1. The van der Waals surface area contributed by atoms with Crippen LogP contribution in [0.2, 0.25) is 5.02 Å². The largest absolute Gasteiger partial charge is 0.454 e. The lowest BCUT2D eigenvalue weighted by atomic mass is 10.1. The summed E-state index contributed by atoms with van der Waals surface area (Å²) >= 11 is 5.95. The summed E-state index contributed by atoms with van der Waals surface area (Å²) in [6, 6.07) is 11.4. The van der Waals surface area contributed by atoms with Gasteiger partial charge in [-0.05, 0) is 37.3 Å². The number of nitrogens with one attached hydrogen (secondary N) is 1. The molecule has 0 aromatic heterocycles. The Morgan fingerprint density at radius 3 is 2.78 bits per heavy atom. The number of ether oxygens (including phenoxy) is 2. The maximum atomic E-state index is 12.9. The quantitative estimate of drug-likeness (QED) is 0.857. The van der Waals surface area contributed by atoms with E-state index in [0.717, 1.165) is 5.69 Å². The molecule has 1 fully saturated rings. The van der Waals surface area contributed by atoms with Crippen LogP contribution in [-0.4, -0.2) is 42.8 Å². The summed E-state index contributed by atoms with van der Waals surface area (Å²) in [4.78, 5) is 28.6. The van der Waals surface area contributed by atoms with Gasteiger partial charge in [0.1, 0.15) is 6.04 Å². The van der Waals surface area contributed by atoms with E-state index in [1.165, 1.54) is 4.90 Å². The van der Waals surface area contributed by atoms with Gasteiger partial charge in [0.25, 0.3) is 0 Å². The van der Waals surface area contributed by atoms with Gasteiger partial charge in [0.2, 0.25) is 12.7 Å². The number of nitrogens with zero attached hydrogens (tertiary/aromatic N) is 2. The summed E-state index contributed by atoms with van der Waals surface area (Å²) in [5.41, 5.74) is 1.32. The van der Waals surface area contributed by atoms with Gasteiger partial charge in [0.05, 0.1) is 0 Å². The fraction of sp³-hybridized carbons (Fsp3) is 0.263. The predicted molar refractivity (Wildman–Crippen MR) is 102 cm³/mol. The molecule has 1 saturated heterocycles. The Labute approximate surface area is 161 Å². The molecule has 0 aliphatic carbocycles. The van der Waals surface area contributed by atoms with Crippen molar-refractivity contribution in [3.05, 3.63) is 47.5 Å². The van der Waals surface area contributed by atoms with Crippen molar-refractivity contribution in [1.29, 1.82) is 0 Å². The van der Waals surface area contributed by atoms with Gasteiger partial charge in [-0.1, -0.05) is 17.7 Å². The first kappa shape index (κ1) is 17.5. The number of anilines is 2. The van der Waals surface area contributed by atoms with E-state index in [0.29, 0.717) is 35.3 Å². The third-order valence-electron chi connectivity index (χ3n) is 4.66. The zero-order valence-electron chi connectivity index (χ0n) is 14.6. The molecular formula is C19H18ClN3O4. The Balaban J connectivity index is 1.47. The number of hydrogen-bond acceptors (Lipinski definition) is 4. The number of carbonyl (C=O) groups is 2. The lowest BCUT2D eigenvalue weighted by Gasteiger charge is -2.39. The Morgan fingerprint density at radius 1 is 1.15 bits per heavy atom. The van der Waals surface area contributed by atoms with Crippen LogP contribution in [0.4, 0.5) is 16.2 Å². The van der Waals surface area contributed by atoms with Crippen LogP contribution in [0.3, 0.4) is 0 Å². The van der Waals surface area contributed by atoms with Crippen LogP contribution in [-0.2, 0) is 4.79 Å². The molecule has 3 amide bonds. The highest BCUT2D eigenvalue weighted by atomic mass is 35.5. The van der Waals surface area contributed by atoms with E-state index in [1.807, 2.05) is 6.07 Å². The number of urea groups is 1. The minimum atomic E-state index is -0.594. The Hall–Kier alpha value is -2.93. The normalized spacial score (nSPS) is 18.6. The van der Waals surface area contributed by atoms with Gasteiger partial charge in [0, 0.05) is 35.6 Å². The van der Waals surface area contributed by atoms with Gasteiger partial charge >= 0.3 is 6.03 Å². The van der Waals surface area contributed by atoms with Gasteiger partial charge in [0.15, 0.2) is 11.5 Å². The lowest BCUT2D eigenvalue weighted by molar-refractivity contribution is -0.123. The van der Waals surface area contributed by atoms with Crippen molar-refractivity contribution in [2.75, 3.05) is 30.1 Å². The average molecular weight is 388 g/mol. The van der Waals surface area contributed by atoms with Crippen LogP contribution in [0, 0.1) is 0 Å². The second kappa shape index (κ2) is 7.00. The van der Waals surface area contributed by atoms with E-state index >= 15 is 0 Å². The number of hydrogen-bond donors (Lipinski definition) is 1. The fourth-order valence-corrected chi connectivity index (χ4v) is 3.41. The molecule has 0 bridgehead atoms. The maximum absolute atomic E-state index is 12.9. The molecule has 0 saturated carbocycles. The third kappa shape index (κ3) is 3.38. The van der Waals surface area contributed by atoms with E-state index in [-0.39, 0.29) is 18.7 Å². The average Bonchev–Trinajstić information content (AvgIpc) is 3.11. The first-order valence-corrected chi connectivity index (χ1v) is 8.95. The summed E-state index contributed by atoms with van der Waals surface area (Å²) in [5, 5.41) is 3.32. The molecule has 2 aliphatic heterocycles. The number of benzene rings is 2.